The summed E-state index contributed by atoms with van der Waals surface area (Å²) in [6.45, 7) is 3.16. The van der Waals surface area contributed by atoms with Gasteiger partial charge in [-0.15, -0.1) is 12.4 Å². The molecular weight excluding hydrogens is 411 g/mol. The van der Waals surface area contributed by atoms with Crippen molar-refractivity contribution in [2.45, 2.75) is 18.1 Å². The highest BCUT2D eigenvalue weighted by atomic mass is 35.5. The summed E-state index contributed by atoms with van der Waals surface area (Å²) in [5.74, 6) is 0.692. The number of halogens is 2. The van der Waals surface area contributed by atoms with Gasteiger partial charge in [0.1, 0.15) is 11.4 Å². The molecule has 1 N–H and O–H groups in total. The second-order valence-electron chi connectivity index (χ2n) is 6.39. The van der Waals surface area contributed by atoms with Crippen molar-refractivity contribution < 1.29 is 12.8 Å². The molecule has 0 saturated carbocycles. The Morgan fingerprint density at radius 3 is 2.85 bits per heavy atom. The van der Waals surface area contributed by atoms with E-state index in [2.05, 4.69) is 10.3 Å². The molecule has 146 valence electrons. The van der Waals surface area contributed by atoms with Crippen LogP contribution in [0.1, 0.15) is 17.4 Å². The zero-order valence-electron chi connectivity index (χ0n) is 14.8. The maximum absolute atomic E-state index is 13.4. The van der Waals surface area contributed by atoms with Gasteiger partial charge >= 0.3 is 0 Å². The number of rotatable bonds is 3. The van der Waals surface area contributed by atoms with Gasteiger partial charge in [0.05, 0.1) is 6.04 Å². The van der Waals surface area contributed by atoms with Crippen LogP contribution >= 0.6 is 24.0 Å². The number of furan rings is 1. The van der Waals surface area contributed by atoms with Gasteiger partial charge in [0.2, 0.25) is 5.09 Å². The van der Waals surface area contributed by atoms with E-state index in [1.54, 1.807) is 31.3 Å². The van der Waals surface area contributed by atoms with Gasteiger partial charge in [-0.2, -0.15) is 4.31 Å². The van der Waals surface area contributed by atoms with E-state index in [9.17, 15) is 8.42 Å². The number of hydrogen-bond acceptors (Lipinski definition) is 5. The largest absolute Gasteiger partial charge is 0.443 e. The quantitative estimate of drug-likeness (QED) is 0.690. The Bertz CT molecular complexity index is 1080. The standard InChI is InChI=1S/C17H19ClN4O3S.ClH/c1-11-13-9-12(18)3-4-15(13)25-17(11)26(23,24)22-8-5-19-10-14(22)16-20-6-7-21(16)2;/h3-4,6-7,9,14,19H,5,8,10H2,1-2H3;1H. The highest BCUT2D eigenvalue weighted by Crippen LogP contribution is 2.35. The Labute approximate surface area is 168 Å². The van der Waals surface area contributed by atoms with Gasteiger partial charge in [-0.05, 0) is 25.1 Å². The molecule has 1 saturated heterocycles. The van der Waals surface area contributed by atoms with E-state index in [1.807, 2.05) is 17.8 Å². The Balaban J connectivity index is 0.00000210. The third-order valence-electron chi connectivity index (χ3n) is 4.75. The number of aryl methyl sites for hydroxylation is 2. The Kier molecular flexibility index (Phi) is 5.56. The summed E-state index contributed by atoms with van der Waals surface area (Å²) in [4.78, 5) is 4.34. The molecule has 0 spiro atoms. The van der Waals surface area contributed by atoms with Crippen molar-refractivity contribution in [1.29, 1.82) is 0 Å². The first-order chi connectivity index (χ1) is 12.4. The average molecular weight is 431 g/mol. The van der Waals surface area contributed by atoms with Gasteiger partial charge < -0.3 is 14.3 Å². The average Bonchev–Trinajstić information content (AvgIpc) is 3.19. The summed E-state index contributed by atoms with van der Waals surface area (Å²) in [7, 11) is -1.97. The molecule has 1 unspecified atom stereocenters. The van der Waals surface area contributed by atoms with E-state index < -0.39 is 16.1 Å². The first-order valence-electron chi connectivity index (χ1n) is 8.28. The number of nitrogens with zero attached hydrogens (tertiary/aromatic N) is 3. The lowest BCUT2D eigenvalue weighted by Crippen LogP contribution is -2.49. The fraction of sp³-hybridized carbons (Fsp3) is 0.353. The van der Waals surface area contributed by atoms with Crippen LogP contribution in [0.2, 0.25) is 5.02 Å². The van der Waals surface area contributed by atoms with Gasteiger partial charge in [0.25, 0.3) is 10.0 Å². The number of imidazole rings is 1. The number of sulfonamides is 1. The van der Waals surface area contributed by atoms with E-state index in [0.717, 1.165) is 0 Å². The molecule has 10 heteroatoms. The Morgan fingerprint density at radius 2 is 2.15 bits per heavy atom. The molecule has 1 aliphatic heterocycles. The molecule has 2 aromatic heterocycles. The highest BCUT2D eigenvalue weighted by molar-refractivity contribution is 7.89. The van der Waals surface area contributed by atoms with Crippen LogP contribution in [-0.2, 0) is 17.1 Å². The van der Waals surface area contributed by atoms with Crippen LogP contribution in [0.4, 0.5) is 0 Å². The number of piperazine rings is 1. The van der Waals surface area contributed by atoms with Crippen molar-refractivity contribution in [3.63, 3.8) is 0 Å². The Morgan fingerprint density at radius 1 is 1.37 bits per heavy atom. The van der Waals surface area contributed by atoms with Crippen molar-refractivity contribution >= 4 is 45.0 Å². The molecule has 4 rings (SSSR count). The molecule has 3 aromatic rings. The lowest BCUT2D eigenvalue weighted by atomic mass is 10.2. The maximum Gasteiger partial charge on any atom is 0.277 e. The van der Waals surface area contributed by atoms with E-state index in [0.29, 0.717) is 47.0 Å². The van der Waals surface area contributed by atoms with Crippen molar-refractivity contribution in [3.05, 3.63) is 47.0 Å². The topological polar surface area (TPSA) is 80.4 Å². The van der Waals surface area contributed by atoms with Crippen molar-refractivity contribution in [1.82, 2.24) is 19.2 Å². The number of nitrogens with one attached hydrogen (secondary N) is 1. The van der Waals surface area contributed by atoms with Crippen LogP contribution in [0.3, 0.4) is 0 Å². The molecule has 1 atom stereocenters. The molecule has 0 radical (unpaired) electrons. The normalized spacial score (nSPS) is 18.6. The predicted octanol–water partition coefficient (Wildman–Crippen LogP) is 2.89. The summed E-state index contributed by atoms with van der Waals surface area (Å²) < 4.78 is 35.9. The number of aromatic nitrogens is 2. The number of hydrogen-bond donors (Lipinski definition) is 1. The lowest BCUT2D eigenvalue weighted by molar-refractivity contribution is 0.253. The molecule has 1 aromatic carbocycles. The van der Waals surface area contributed by atoms with E-state index in [4.69, 9.17) is 16.0 Å². The summed E-state index contributed by atoms with van der Waals surface area (Å²) >= 11 is 6.05. The van der Waals surface area contributed by atoms with Crippen molar-refractivity contribution in [3.8, 4) is 0 Å². The van der Waals surface area contributed by atoms with Gasteiger partial charge in [-0.3, -0.25) is 0 Å². The minimum Gasteiger partial charge on any atom is -0.443 e. The fourth-order valence-corrected chi connectivity index (χ4v) is 5.33. The predicted molar refractivity (Wildman–Crippen MR) is 106 cm³/mol. The molecule has 1 aliphatic rings. The smallest absolute Gasteiger partial charge is 0.277 e. The monoisotopic (exact) mass is 430 g/mol. The van der Waals surface area contributed by atoms with Crippen LogP contribution in [0.5, 0.6) is 0 Å². The first-order valence-corrected chi connectivity index (χ1v) is 10.1. The summed E-state index contributed by atoms with van der Waals surface area (Å²) in [5.41, 5.74) is 1.08. The maximum atomic E-state index is 13.4. The minimum atomic E-state index is -3.83. The van der Waals surface area contributed by atoms with Gasteiger partial charge in [0, 0.05) is 55.0 Å². The molecule has 7 nitrogen and oxygen atoms in total. The van der Waals surface area contributed by atoms with Crippen LogP contribution in [0.25, 0.3) is 11.0 Å². The number of benzene rings is 1. The summed E-state index contributed by atoms with van der Waals surface area (Å²) in [5, 5.41) is 4.46. The molecule has 0 amide bonds. The molecule has 0 aliphatic carbocycles. The van der Waals surface area contributed by atoms with Gasteiger partial charge in [0.15, 0.2) is 0 Å². The molecule has 27 heavy (non-hydrogen) atoms. The SMILES string of the molecule is Cc1c(S(=O)(=O)N2CCNCC2c2nccn2C)oc2ccc(Cl)cc12.Cl. The first kappa shape index (κ1) is 20.2. The lowest BCUT2D eigenvalue weighted by Gasteiger charge is -2.34. The van der Waals surface area contributed by atoms with Gasteiger partial charge in [-0.25, -0.2) is 13.4 Å². The minimum absolute atomic E-state index is 0. The summed E-state index contributed by atoms with van der Waals surface area (Å²) in [6, 6.07) is 4.70. The second kappa shape index (κ2) is 7.44. The Hall–Kier alpha value is -1.58. The zero-order valence-corrected chi connectivity index (χ0v) is 17.2. The molecule has 3 heterocycles. The summed E-state index contributed by atoms with van der Waals surface area (Å²) in [6.07, 6.45) is 3.48. The highest BCUT2D eigenvalue weighted by Gasteiger charge is 2.39. The third kappa shape index (κ3) is 3.36. The van der Waals surface area contributed by atoms with Gasteiger partial charge in [-0.1, -0.05) is 11.6 Å². The van der Waals surface area contributed by atoms with Crippen molar-refractivity contribution in [2.75, 3.05) is 19.6 Å². The van der Waals surface area contributed by atoms with Crippen LogP contribution < -0.4 is 5.32 Å². The van der Waals surface area contributed by atoms with E-state index in [-0.39, 0.29) is 17.5 Å². The van der Waals surface area contributed by atoms with Crippen molar-refractivity contribution in [2.24, 2.45) is 7.05 Å². The van der Waals surface area contributed by atoms with Crippen LogP contribution in [0, 0.1) is 6.92 Å². The van der Waals surface area contributed by atoms with E-state index in [1.165, 1.54) is 4.31 Å². The molecular formula is C17H20Cl2N4O3S. The number of fused-ring (bicyclic) bond motifs is 1. The zero-order chi connectivity index (χ0) is 18.5. The van der Waals surface area contributed by atoms with E-state index >= 15 is 0 Å². The fourth-order valence-electron chi connectivity index (χ4n) is 3.41. The molecule has 0 bridgehead atoms. The van der Waals surface area contributed by atoms with Crippen LogP contribution in [0.15, 0.2) is 40.1 Å². The molecule has 1 fully saturated rings. The second-order valence-corrected chi connectivity index (χ2v) is 8.61. The third-order valence-corrected chi connectivity index (χ3v) is 6.90. The van der Waals surface area contributed by atoms with Crippen LogP contribution in [-0.4, -0.2) is 41.9 Å².